The first-order valence-corrected chi connectivity index (χ1v) is 11.0. The van der Waals surface area contributed by atoms with Gasteiger partial charge in [0.15, 0.2) is 0 Å². The van der Waals surface area contributed by atoms with Crippen LogP contribution in [0.15, 0.2) is 78.9 Å². The number of nitrogens with zero attached hydrogens (tertiary/aromatic N) is 1. The lowest BCUT2D eigenvalue weighted by atomic mass is 9.63. The third kappa shape index (κ3) is 2.36. The monoisotopic (exact) mass is 407 g/mol. The van der Waals surface area contributed by atoms with E-state index >= 15 is 0 Å². The van der Waals surface area contributed by atoms with Crippen LogP contribution in [0.4, 0.5) is 5.69 Å². The van der Waals surface area contributed by atoms with Crippen LogP contribution in [0.2, 0.25) is 0 Å². The molecule has 5 aliphatic rings. The molecule has 0 radical (unpaired) electrons. The Bertz CT molecular complexity index is 1240. The van der Waals surface area contributed by atoms with E-state index in [-0.39, 0.29) is 35.5 Å². The van der Waals surface area contributed by atoms with Crippen molar-refractivity contribution >= 4 is 28.3 Å². The molecule has 2 saturated carbocycles. The fraction of sp³-hybridized carbons (Fsp3) is 0.259. The molecular formula is C27H21NO3. The second-order valence-corrected chi connectivity index (χ2v) is 9.24. The van der Waals surface area contributed by atoms with Crippen molar-refractivity contribution in [1.82, 2.24) is 0 Å². The Morgan fingerprint density at radius 1 is 0.742 bits per heavy atom. The summed E-state index contributed by atoms with van der Waals surface area (Å²) in [4.78, 5) is 28.0. The zero-order valence-electron chi connectivity index (χ0n) is 16.8. The van der Waals surface area contributed by atoms with Gasteiger partial charge >= 0.3 is 0 Å². The lowest BCUT2D eigenvalue weighted by molar-refractivity contribution is -0.124. The second kappa shape index (κ2) is 6.07. The standard InChI is InChI=1S/C27H21NO3/c29-26-24-19-12-13-20(22-14-21(19)22)25(24)27(30)28(26)16-8-10-17(11-9-16)31-23-7-3-5-15-4-1-2-6-18(15)23/h1-13,19-22,24-25H,14H2/t19-,20-,21-,22-,24-,25+/m0/s1. The number of imide groups is 1. The summed E-state index contributed by atoms with van der Waals surface area (Å²) < 4.78 is 6.12. The summed E-state index contributed by atoms with van der Waals surface area (Å²) in [5, 5.41) is 2.17. The highest BCUT2D eigenvalue weighted by atomic mass is 16.5. The van der Waals surface area contributed by atoms with Crippen LogP contribution in [-0.4, -0.2) is 11.8 Å². The van der Waals surface area contributed by atoms with Gasteiger partial charge in [-0.2, -0.15) is 0 Å². The molecule has 152 valence electrons. The number of benzene rings is 3. The fourth-order valence-electron chi connectivity index (χ4n) is 6.29. The SMILES string of the molecule is O=C1[C@@H]2[C@H]3C=C[C@@H]([C@@H]4C[C@@H]34)[C@@H]2C(=O)N1c1ccc(Oc2cccc3ccccc23)cc1. The fourth-order valence-corrected chi connectivity index (χ4v) is 6.29. The number of anilines is 1. The molecule has 1 saturated heterocycles. The molecule has 31 heavy (non-hydrogen) atoms. The predicted molar refractivity (Wildman–Crippen MR) is 118 cm³/mol. The van der Waals surface area contributed by atoms with Crippen molar-refractivity contribution < 1.29 is 14.3 Å². The number of amides is 2. The molecule has 1 aliphatic heterocycles. The van der Waals surface area contributed by atoms with Gasteiger partial charge in [0.25, 0.3) is 0 Å². The van der Waals surface area contributed by atoms with Crippen molar-refractivity contribution in [3.8, 4) is 11.5 Å². The molecule has 4 nitrogen and oxygen atoms in total. The molecule has 2 bridgehead atoms. The van der Waals surface area contributed by atoms with Gasteiger partial charge in [-0.3, -0.25) is 14.5 Å². The highest BCUT2D eigenvalue weighted by Crippen LogP contribution is 2.65. The number of allylic oxidation sites excluding steroid dienone is 2. The average molecular weight is 407 g/mol. The summed E-state index contributed by atoms with van der Waals surface area (Å²) in [5.74, 6) is 2.80. The Balaban J connectivity index is 1.17. The second-order valence-electron chi connectivity index (χ2n) is 9.24. The summed E-state index contributed by atoms with van der Waals surface area (Å²) in [6.07, 6.45) is 5.59. The van der Waals surface area contributed by atoms with E-state index in [4.69, 9.17) is 4.74 Å². The minimum absolute atomic E-state index is 0.0255. The Morgan fingerprint density at radius 2 is 1.39 bits per heavy atom. The van der Waals surface area contributed by atoms with Gasteiger partial charge in [0.1, 0.15) is 11.5 Å². The minimum Gasteiger partial charge on any atom is -0.457 e. The maximum atomic E-state index is 13.3. The first-order valence-electron chi connectivity index (χ1n) is 11.0. The van der Waals surface area contributed by atoms with Gasteiger partial charge in [-0.25, -0.2) is 0 Å². The number of hydrogen-bond donors (Lipinski definition) is 0. The van der Waals surface area contributed by atoms with E-state index in [2.05, 4.69) is 24.3 Å². The molecule has 1 heterocycles. The number of rotatable bonds is 3. The first kappa shape index (κ1) is 17.3. The van der Waals surface area contributed by atoms with Crippen LogP contribution < -0.4 is 9.64 Å². The summed E-state index contributed by atoms with van der Waals surface area (Å²) in [6.45, 7) is 0. The van der Waals surface area contributed by atoms with Crippen molar-refractivity contribution in [2.24, 2.45) is 35.5 Å². The van der Waals surface area contributed by atoms with Crippen LogP contribution in [0, 0.1) is 35.5 Å². The molecule has 0 N–H and O–H groups in total. The summed E-state index contributed by atoms with van der Waals surface area (Å²) >= 11 is 0. The zero-order valence-corrected chi connectivity index (χ0v) is 16.8. The molecule has 4 heteroatoms. The van der Waals surface area contributed by atoms with Gasteiger partial charge in [-0.15, -0.1) is 0 Å². The Morgan fingerprint density at radius 3 is 2.10 bits per heavy atom. The van der Waals surface area contributed by atoms with E-state index in [9.17, 15) is 9.59 Å². The van der Waals surface area contributed by atoms with Crippen LogP contribution in [0.3, 0.4) is 0 Å². The number of carbonyl (C=O) groups is 2. The van der Waals surface area contributed by atoms with E-state index < -0.39 is 0 Å². The van der Waals surface area contributed by atoms with Crippen molar-refractivity contribution in [3.05, 3.63) is 78.9 Å². The maximum absolute atomic E-state index is 13.3. The molecule has 0 aromatic heterocycles. The number of fused-ring (bicyclic) bond motifs is 1. The van der Waals surface area contributed by atoms with Crippen molar-refractivity contribution in [1.29, 1.82) is 0 Å². The van der Waals surface area contributed by atoms with Gasteiger partial charge < -0.3 is 4.74 Å². The van der Waals surface area contributed by atoms with Crippen LogP contribution in [0.1, 0.15) is 6.42 Å². The van der Waals surface area contributed by atoms with Crippen LogP contribution in [0.5, 0.6) is 11.5 Å². The first-order chi connectivity index (χ1) is 15.2. The molecule has 2 amide bonds. The van der Waals surface area contributed by atoms with E-state index in [1.54, 1.807) is 0 Å². The minimum atomic E-state index is -0.169. The maximum Gasteiger partial charge on any atom is 0.238 e. The van der Waals surface area contributed by atoms with Gasteiger partial charge in [0, 0.05) is 5.39 Å². The number of hydrogen-bond acceptors (Lipinski definition) is 3. The molecule has 0 unspecified atom stereocenters. The molecule has 8 rings (SSSR count). The smallest absolute Gasteiger partial charge is 0.238 e. The molecule has 3 aromatic carbocycles. The molecule has 3 fully saturated rings. The van der Waals surface area contributed by atoms with Crippen molar-refractivity contribution in [2.75, 3.05) is 4.90 Å². The molecule has 3 aromatic rings. The largest absolute Gasteiger partial charge is 0.457 e. The van der Waals surface area contributed by atoms with E-state index in [1.165, 1.54) is 11.3 Å². The summed E-state index contributed by atoms with van der Waals surface area (Å²) in [5.41, 5.74) is 0.641. The Labute approximate surface area is 180 Å². The molecule has 0 spiro atoms. The molecule has 4 aliphatic carbocycles. The van der Waals surface area contributed by atoms with Crippen molar-refractivity contribution in [3.63, 3.8) is 0 Å². The zero-order chi connectivity index (χ0) is 20.7. The van der Waals surface area contributed by atoms with Gasteiger partial charge in [0.2, 0.25) is 11.8 Å². The summed E-state index contributed by atoms with van der Waals surface area (Å²) in [7, 11) is 0. The quantitative estimate of drug-likeness (QED) is 0.443. The van der Waals surface area contributed by atoms with Gasteiger partial charge in [0.05, 0.1) is 17.5 Å². The lowest BCUT2D eigenvalue weighted by Gasteiger charge is -2.37. The average Bonchev–Trinajstić information content (AvgIpc) is 3.58. The van der Waals surface area contributed by atoms with E-state index in [0.29, 0.717) is 23.3 Å². The van der Waals surface area contributed by atoms with E-state index in [1.807, 2.05) is 54.6 Å². The molecule has 6 atom stereocenters. The Kier molecular flexibility index (Phi) is 3.39. The topological polar surface area (TPSA) is 46.6 Å². The predicted octanol–water partition coefficient (Wildman–Crippen LogP) is 5.19. The Hall–Kier alpha value is -3.40. The summed E-state index contributed by atoms with van der Waals surface area (Å²) in [6, 6.07) is 21.4. The molecular weight excluding hydrogens is 386 g/mol. The van der Waals surface area contributed by atoms with E-state index in [0.717, 1.165) is 16.5 Å². The van der Waals surface area contributed by atoms with Gasteiger partial charge in [-0.05, 0) is 65.8 Å². The number of carbonyl (C=O) groups excluding carboxylic acids is 2. The van der Waals surface area contributed by atoms with Crippen LogP contribution in [0.25, 0.3) is 10.8 Å². The van der Waals surface area contributed by atoms with Crippen molar-refractivity contribution in [2.45, 2.75) is 6.42 Å². The third-order valence-corrected chi connectivity index (χ3v) is 7.74. The lowest BCUT2D eigenvalue weighted by Crippen LogP contribution is -2.40. The van der Waals surface area contributed by atoms with Gasteiger partial charge in [-0.1, -0.05) is 48.6 Å². The number of ether oxygens (including phenoxy) is 1. The van der Waals surface area contributed by atoms with Crippen LogP contribution in [-0.2, 0) is 9.59 Å². The third-order valence-electron chi connectivity index (χ3n) is 7.74. The highest BCUT2D eigenvalue weighted by Gasteiger charge is 2.67. The van der Waals surface area contributed by atoms with Crippen LogP contribution >= 0.6 is 0 Å². The normalized spacial score (nSPS) is 32.3. The highest BCUT2D eigenvalue weighted by molar-refractivity contribution is 6.22.